The van der Waals surface area contributed by atoms with Gasteiger partial charge in [-0.2, -0.15) is 0 Å². The number of aromatic nitrogens is 1. The second-order valence-corrected chi connectivity index (χ2v) is 6.96. The van der Waals surface area contributed by atoms with Gasteiger partial charge in [-0.05, 0) is 36.8 Å². The normalized spacial score (nSPS) is 15.5. The fourth-order valence-corrected chi connectivity index (χ4v) is 2.89. The van der Waals surface area contributed by atoms with Crippen LogP contribution < -0.4 is 15.5 Å². The first-order chi connectivity index (χ1) is 11.7. The van der Waals surface area contributed by atoms with Crippen molar-refractivity contribution in [3.63, 3.8) is 0 Å². The topological polar surface area (TPSA) is 52.6 Å². The van der Waals surface area contributed by atoms with Gasteiger partial charge in [0.2, 0.25) is 0 Å². The van der Waals surface area contributed by atoms with E-state index in [1.54, 1.807) is 0 Å². The van der Waals surface area contributed by atoms with Gasteiger partial charge in [-0.25, -0.2) is 4.98 Å². The third kappa shape index (κ3) is 8.25. The van der Waals surface area contributed by atoms with Crippen molar-refractivity contribution in [2.75, 3.05) is 31.6 Å². The number of halogens is 1. The summed E-state index contributed by atoms with van der Waals surface area (Å²) in [5.74, 6) is 2.67. The van der Waals surface area contributed by atoms with Crippen LogP contribution in [0.15, 0.2) is 23.3 Å². The monoisotopic (exact) mass is 459 g/mol. The molecule has 0 aromatic carbocycles. The summed E-state index contributed by atoms with van der Waals surface area (Å²) in [5.41, 5.74) is 1.18. The van der Waals surface area contributed by atoms with Gasteiger partial charge < -0.3 is 15.5 Å². The van der Waals surface area contributed by atoms with Crippen molar-refractivity contribution in [3.8, 4) is 0 Å². The first-order valence-electron chi connectivity index (χ1n) is 9.33. The number of anilines is 1. The highest BCUT2D eigenvalue weighted by atomic mass is 127. The second-order valence-electron chi connectivity index (χ2n) is 6.96. The minimum atomic E-state index is 0. The molecule has 1 saturated heterocycles. The molecule has 1 aliphatic rings. The van der Waals surface area contributed by atoms with Crippen LogP contribution in [0.2, 0.25) is 0 Å². The second kappa shape index (κ2) is 12.3. The highest BCUT2D eigenvalue weighted by Crippen LogP contribution is 2.17. The summed E-state index contributed by atoms with van der Waals surface area (Å²) >= 11 is 0. The molecule has 0 unspecified atom stereocenters. The molecule has 2 N–H and O–H groups in total. The van der Waals surface area contributed by atoms with E-state index in [-0.39, 0.29) is 24.0 Å². The van der Waals surface area contributed by atoms with Crippen LogP contribution in [0.5, 0.6) is 0 Å². The molecule has 0 amide bonds. The number of nitrogens with one attached hydrogen (secondary N) is 2. The number of rotatable bonds is 6. The maximum absolute atomic E-state index is 4.66. The van der Waals surface area contributed by atoms with E-state index in [4.69, 9.17) is 0 Å². The molecule has 1 aliphatic heterocycles. The van der Waals surface area contributed by atoms with E-state index in [1.165, 1.54) is 31.2 Å². The molecule has 25 heavy (non-hydrogen) atoms. The minimum Gasteiger partial charge on any atom is -0.357 e. The zero-order valence-electron chi connectivity index (χ0n) is 15.9. The van der Waals surface area contributed by atoms with Crippen molar-refractivity contribution >= 4 is 35.8 Å². The summed E-state index contributed by atoms with van der Waals surface area (Å²) in [6, 6.07) is 4.32. The summed E-state index contributed by atoms with van der Waals surface area (Å²) in [7, 11) is 1.81. The third-order valence-corrected chi connectivity index (χ3v) is 4.44. The maximum atomic E-state index is 4.66. The maximum Gasteiger partial charge on any atom is 0.191 e. The Hall–Kier alpha value is -1.05. The van der Waals surface area contributed by atoms with Crippen LogP contribution >= 0.6 is 24.0 Å². The average molecular weight is 459 g/mol. The van der Waals surface area contributed by atoms with E-state index in [9.17, 15) is 0 Å². The molecular weight excluding hydrogens is 425 g/mol. The molecule has 1 fully saturated rings. The van der Waals surface area contributed by atoms with Crippen LogP contribution in [-0.2, 0) is 6.54 Å². The van der Waals surface area contributed by atoms with Gasteiger partial charge in [-0.15, -0.1) is 24.0 Å². The number of guanidine groups is 1. The van der Waals surface area contributed by atoms with Crippen LogP contribution in [0.1, 0.15) is 51.5 Å². The van der Waals surface area contributed by atoms with E-state index in [0.717, 1.165) is 44.4 Å². The molecule has 0 spiro atoms. The van der Waals surface area contributed by atoms with Crippen molar-refractivity contribution in [1.29, 1.82) is 0 Å². The van der Waals surface area contributed by atoms with Crippen molar-refractivity contribution in [3.05, 3.63) is 23.9 Å². The van der Waals surface area contributed by atoms with Crippen LogP contribution in [0, 0.1) is 5.92 Å². The molecule has 2 heterocycles. The lowest BCUT2D eigenvalue weighted by molar-refractivity contribution is 0.573. The summed E-state index contributed by atoms with van der Waals surface area (Å²) in [6.07, 6.45) is 8.39. The van der Waals surface area contributed by atoms with Gasteiger partial charge in [0.25, 0.3) is 0 Å². The third-order valence-electron chi connectivity index (χ3n) is 4.44. The molecule has 0 bridgehead atoms. The number of hydrogen-bond acceptors (Lipinski definition) is 3. The fourth-order valence-electron chi connectivity index (χ4n) is 2.89. The van der Waals surface area contributed by atoms with Crippen LogP contribution in [0.25, 0.3) is 0 Å². The Morgan fingerprint density at radius 3 is 2.44 bits per heavy atom. The Balaban J connectivity index is 0.00000312. The minimum absolute atomic E-state index is 0. The molecule has 1 aromatic rings. The molecule has 142 valence electrons. The SMILES string of the molecule is CN=C(NCCC(C)C)NCc1ccc(N2CCCCCC2)nc1.I. The standard InChI is InChI=1S/C19H33N5.HI/c1-16(2)10-11-21-19(20-3)23-15-17-8-9-18(22-14-17)24-12-6-4-5-7-13-24;/h8-9,14,16H,4-7,10-13,15H2,1-3H3,(H2,20,21,23);1H. The van der Waals surface area contributed by atoms with E-state index in [1.807, 2.05) is 13.2 Å². The Labute approximate surface area is 170 Å². The van der Waals surface area contributed by atoms with Crippen molar-refractivity contribution in [1.82, 2.24) is 15.6 Å². The summed E-state index contributed by atoms with van der Waals surface area (Å²) in [6.45, 7) is 8.43. The van der Waals surface area contributed by atoms with Gasteiger partial charge in [0.1, 0.15) is 5.82 Å². The molecular formula is C19H34IN5. The first-order valence-corrected chi connectivity index (χ1v) is 9.33. The summed E-state index contributed by atoms with van der Waals surface area (Å²) < 4.78 is 0. The highest BCUT2D eigenvalue weighted by Gasteiger charge is 2.10. The molecule has 2 rings (SSSR count). The molecule has 0 radical (unpaired) electrons. The van der Waals surface area contributed by atoms with E-state index >= 15 is 0 Å². The van der Waals surface area contributed by atoms with E-state index < -0.39 is 0 Å². The lowest BCUT2D eigenvalue weighted by atomic mass is 10.1. The van der Waals surface area contributed by atoms with E-state index in [2.05, 4.69) is 51.5 Å². The molecule has 0 aliphatic carbocycles. The molecule has 6 heteroatoms. The Kier molecular flexibility index (Phi) is 10.8. The van der Waals surface area contributed by atoms with Gasteiger partial charge in [0, 0.05) is 39.4 Å². The van der Waals surface area contributed by atoms with Crippen molar-refractivity contribution in [2.45, 2.75) is 52.5 Å². The molecule has 0 atom stereocenters. The van der Waals surface area contributed by atoms with Crippen molar-refractivity contribution in [2.24, 2.45) is 10.9 Å². The summed E-state index contributed by atoms with van der Waals surface area (Å²) in [4.78, 5) is 11.3. The fraction of sp³-hybridized carbons (Fsp3) is 0.684. The highest BCUT2D eigenvalue weighted by molar-refractivity contribution is 14.0. The number of aliphatic imine (C=N–C) groups is 1. The van der Waals surface area contributed by atoms with Gasteiger partial charge >= 0.3 is 0 Å². The zero-order valence-corrected chi connectivity index (χ0v) is 18.3. The quantitative estimate of drug-likeness (QED) is 0.386. The molecule has 5 nitrogen and oxygen atoms in total. The Morgan fingerprint density at radius 2 is 1.88 bits per heavy atom. The van der Waals surface area contributed by atoms with Crippen LogP contribution in [0.4, 0.5) is 5.82 Å². The predicted octanol–water partition coefficient (Wildman–Crippen LogP) is 3.79. The van der Waals surface area contributed by atoms with Crippen LogP contribution in [-0.4, -0.2) is 37.6 Å². The zero-order chi connectivity index (χ0) is 17.2. The average Bonchev–Trinajstić information content (AvgIpc) is 2.87. The van der Waals surface area contributed by atoms with Crippen molar-refractivity contribution < 1.29 is 0 Å². The lowest BCUT2D eigenvalue weighted by Crippen LogP contribution is -2.37. The predicted molar refractivity (Wildman–Crippen MR) is 118 cm³/mol. The molecule has 1 aromatic heterocycles. The number of pyridine rings is 1. The van der Waals surface area contributed by atoms with Gasteiger partial charge in [-0.1, -0.05) is 32.8 Å². The molecule has 0 saturated carbocycles. The van der Waals surface area contributed by atoms with Gasteiger partial charge in [0.05, 0.1) is 0 Å². The Bertz CT molecular complexity index is 493. The van der Waals surface area contributed by atoms with Crippen LogP contribution in [0.3, 0.4) is 0 Å². The largest absolute Gasteiger partial charge is 0.357 e. The summed E-state index contributed by atoms with van der Waals surface area (Å²) in [5, 5.41) is 6.71. The smallest absolute Gasteiger partial charge is 0.191 e. The Morgan fingerprint density at radius 1 is 1.16 bits per heavy atom. The van der Waals surface area contributed by atoms with E-state index in [0.29, 0.717) is 5.92 Å². The number of hydrogen-bond donors (Lipinski definition) is 2. The van der Waals surface area contributed by atoms with Gasteiger partial charge in [0.15, 0.2) is 5.96 Å². The number of nitrogens with zero attached hydrogens (tertiary/aromatic N) is 3. The van der Waals surface area contributed by atoms with Gasteiger partial charge in [-0.3, -0.25) is 4.99 Å². The lowest BCUT2D eigenvalue weighted by Gasteiger charge is -2.21. The first kappa shape index (κ1) is 22.0.